The van der Waals surface area contributed by atoms with Gasteiger partial charge in [0, 0.05) is 24.2 Å². The number of nitrogens with zero attached hydrogens (tertiary/aromatic N) is 2. The van der Waals surface area contributed by atoms with E-state index in [0.29, 0.717) is 31.4 Å². The van der Waals surface area contributed by atoms with Crippen LogP contribution in [0.4, 0.5) is 10.8 Å². The maximum absolute atomic E-state index is 12.2. The molecule has 9 heteroatoms. The molecule has 2 amide bonds. The summed E-state index contributed by atoms with van der Waals surface area (Å²) in [6.45, 7) is 2.14. The summed E-state index contributed by atoms with van der Waals surface area (Å²) >= 11 is 1.32. The molecular weight excluding hydrogens is 356 g/mol. The van der Waals surface area contributed by atoms with Crippen LogP contribution in [0.15, 0.2) is 29.6 Å². The number of carbonyl (C=O) groups excluding carboxylic acids is 2. The first-order valence-electron chi connectivity index (χ1n) is 8.16. The third-order valence-corrected chi connectivity index (χ3v) is 4.60. The highest BCUT2D eigenvalue weighted by atomic mass is 32.1. The number of thiazole rings is 1. The Morgan fingerprint density at radius 2 is 2.00 bits per heavy atom. The van der Waals surface area contributed by atoms with Crippen LogP contribution in [0.2, 0.25) is 0 Å². The van der Waals surface area contributed by atoms with Crippen LogP contribution in [0.3, 0.4) is 0 Å². The normalized spacial score (nSPS) is 14.0. The minimum atomic E-state index is -0.370. The summed E-state index contributed by atoms with van der Waals surface area (Å²) in [6.07, 6.45) is 0. The van der Waals surface area contributed by atoms with Gasteiger partial charge in [0.05, 0.1) is 26.9 Å². The number of amides is 2. The first kappa shape index (κ1) is 18.2. The van der Waals surface area contributed by atoms with E-state index in [0.717, 1.165) is 11.4 Å². The molecular formula is C17H20N4O4S. The number of anilines is 2. The maximum Gasteiger partial charge on any atom is 0.271 e. The Labute approximate surface area is 155 Å². The monoisotopic (exact) mass is 376 g/mol. The van der Waals surface area contributed by atoms with Crippen molar-refractivity contribution in [3.8, 4) is 5.75 Å². The van der Waals surface area contributed by atoms with Gasteiger partial charge in [-0.2, -0.15) is 0 Å². The summed E-state index contributed by atoms with van der Waals surface area (Å²) in [4.78, 5) is 30.2. The van der Waals surface area contributed by atoms with Gasteiger partial charge in [-0.05, 0) is 24.3 Å². The SMILES string of the molecule is COc1ccc(Nc2nc(C(=O)NCC(=O)N3CCOCC3)cs2)cc1. The van der Waals surface area contributed by atoms with Crippen molar-refractivity contribution >= 4 is 34.0 Å². The van der Waals surface area contributed by atoms with Crippen molar-refractivity contribution in [3.63, 3.8) is 0 Å². The van der Waals surface area contributed by atoms with Gasteiger partial charge in [0.15, 0.2) is 5.13 Å². The van der Waals surface area contributed by atoms with Crippen LogP contribution in [0.1, 0.15) is 10.5 Å². The number of hydrogen-bond donors (Lipinski definition) is 2. The van der Waals surface area contributed by atoms with Gasteiger partial charge in [0.2, 0.25) is 5.91 Å². The number of nitrogens with one attached hydrogen (secondary N) is 2. The summed E-state index contributed by atoms with van der Waals surface area (Å²) in [6, 6.07) is 7.39. The molecule has 1 aliphatic rings. The second-order valence-electron chi connectivity index (χ2n) is 5.57. The predicted molar refractivity (Wildman–Crippen MR) is 98.1 cm³/mol. The van der Waals surface area contributed by atoms with Gasteiger partial charge < -0.3 is 25.0 Å². The quantitative estimate of drug-likeness (QED) is 0.793. The molecule has 0 aliphatic carbocycles. The highest BCUT2D eigenvalue weighted by molar-refractivity contribution is 7.14. The van der Waals surface area contributed by atoms with Gasteiger partial charge in [0.25, 0.3) is 5.91 Å². The number of rotatable bonds is 6. The first-order chi connectivity index (χ1) is 12.7. The predicted octanol–water partition coefficient (Wildman–Crippen LogP) is 1.48. The summed E-state index contributed by atoms with van der Waals surface area (Å²) in [7, 11) is 1.61. The van der Waals surface area contributed by atoms with Gasteiger partial charge in [0.1, 0.15) is 11.4 Å². The minimum Gasteiger partial charge on any atom is -0.497 e. The molecule has 138 valence electrons. The van der Waals surface area contributed by atoms with E-state index in [2.05, 4.69) is 15.6 Å². The highest BCUT2D eigenvalue weighted by Crippen LogP contribution is 2.22. The molecule has 0 radical (unpaired) electrons. The van der Waals surface area contributed by atoms with Crippen molar-refractivity contribution in [2.24, 2.45) is 0 Å². The molecule has 3 rings (SSSR count). The lowest BCUT2D eigenvalue weighted by atomic mass is 10.3. The topological polar surface area (TPSA) is 92.8 Å². The first-order valence-corrected chi connectivity index (χ1v) is 9.04. The molecule has 2 heterocycles. The zero-order chi connectivity index (χ0) is 18.4. The van der Waals surface area contributed by atoms with E-state index in [4.69, 9.17) is 9.47 Å². The van der Waals surface area contributed by atoms with Gasteiger partial charge in [-0.1, -0.05) is 0 Å². The van der Waals surface area contributed by atoms with Crippen molar-refractivity contribution in [1.82, 2.24) is 15.2 Å². The zero-order valence-corrected chi connectivity index (χ0v) is 15.2. The number of morpholine rings is 1. The smallest absolute Gasteiger partial charge is 0.271 e. The zero-order valence-electron chi connectivity index (χ0n) is 14.4. The van der Waals surface area contributed by atoms with Crippen LogP contribution in [0, 0.1) is 0 Å². The van der Waals surface area contributed by atoms with Crippen LogP contribution < -0.4 is 15.4 Å². The fourth-order valence-corrected chi connectivity index (χ4v) is 3.12. The number of ether oxygens (including phenoxy) is 2. The minimum absolute atomic E-state index is 0.0440. The van der Waals surface area contributed by atoms with E-state index in [1.807, 2.05) is 24.3 Å². The Balaban J connectivity index is 1.51. The van der Waals surface area contributed by atoms with Gasteiger partial charge in [-0.25, -0.2) is 4.98 Å². The standard InChI is InChI=1S/C17H20N4O4S/c1-24-13-4-2-12(3-5-13)19-17-20-14(11-26-17)16(23)18-10-15(22)21-6-8-25-9-7-21/h2-5,11H,6-10H2,1H3,(H,18,23)(H,19,20). The molecule has 0 unspecified atom stereocenters. The Bertz CT molecular complexity index is 756. The Hall–Kier alpha value is -2.65. The van der Waals surface area contributed by atoms with Crippen molar-refractivity contribution in [2.75, 3.05) is 45.3 Å². The molecule has 1 fully saturated rings. The molecule has 1 saturated heterocycles. The number of benzene rings is 1. The van der Waals surface area contributed by atoms with Crippen molar-refractivity contribution in [1.29, 1.82) is 0 Å². The third-order valence-electron chi connectivity index (χ3n) is 3.84. The van der Waals surface area contributed by atoms with E-state index >= 15 is 0 Å². The van der Waals surface area contributed by atoms with Crippen molar-refractivity contribution < 1.29 is 19.1 Å². The molecule has 2 aromatic rings. The van der Waals surface area contributed by atoms with E-state index in [1.165, 1.54) is 11.3 Å². The highest BCUT2D eigenvalue weighted by Gasteiger charge is 2.18. The number of methoxy groups -OCH3 is 1. The Kier molecular flexibility index (Phi) is 6.03. The lowest BCUT2D eigenvalue weighted by Gasteiger charge is -2.26. The number of carbonyl (C=O) groups is 2. The number of aromatic nitrogens is 1. The van der Waals surface area contributed by atoms with E-state index in [1.54, 1.807) is 17.4 Å². The fourth-order valence-electron chi connectivity index (χ4n) is 2.40. The molecule has 26 heavy (non-hydrogen) atoms. The largest absolute Gasteiger partial charge is 0.497 e. The van der Waals surface area contributed by atoms with Crippen LogP contribution >= 0.6 is 11.3 Å². The lowest BCUT2D eigenvalue weighted by molar-refractivity contribution is -0.134. The summed E-state index contributed by atoms with van der Waals surface area (Å²) < 4.78 is 10.3. The van der Waals surface area contributed by atoms with E-state index in [9.17, 15) is 9.59 Å². The summed E-state index contributed by atoms with van der Waals surface area (Å²) in [5.74, 6) is 0.277. The maximum atomic E-state index is 12.2. The molecule has 2 N–H and O–H groups in total. The van der Waals surface area contributed by atoms with Gasteiger partial charge in [-0.3, -0.25) is 9.59 Å². The van der Waals surface area contributed by atoms with Crippen LogP contribution in [-0.4, -0.2) is 61.7 Å². The van der Waals surface area contributed by atoms with Crippen LogP contribution in [0.5, 0.6) is 5.75 Å². The third kappa shape index (κ3) is 4.70. The molecule has 8 nitrogen and oxygen atoms in total. The van der Waals surface area contributed by atoms with E-state index in [-0.39, 0.29) is 24.1 Å². The van der Waals surface area contributed by atoms with Crippen molar-refractivity contribution in [3.05, 3.63) is 35.3 Å². The van der Waals surface area contributed by atoms with Crippen molar-refractivity contribution in [2.45, 2.75) is 0 Å². The molecule has 0 spiro atoms. The summed E-state index contributed by atoms with van der Waals surface area (Å²) in [5, 5.41) is 8.00. The molecule has 0 bridgehead atoms. The molecule has 0 saturated carbocycles. The van der Waals surface area contributed by atoms with Crippen LogP contribution in [-0.2, 0) is 9.53 Å². The second kappa shape index (κ2) is 8.63. The molecule has 1 aliphatic heterocycles. The molecule has 1 aromatic carbocycles. The second-order valence-corrected chi connectivity index (χ2v) is 6.43. The van der Waals surface area contributed by atoms with Gasteiger partial charge >= 0.3 is 0 Å². The lowest BCUT2D eigenvalue weighted by Crippen LogP contribution is -2.45. The van der Waals surface area contributed by atoms with Gasteiger partial charge in [-0.15, -0.1) is 11.3 Å². The van der Waals surface area contributed by atoms with Crippen LogP contribution in [0.25, 0.3) is 0 Å². The molecule has 1 aromatic heterocycles. The average Bonchev–Trinajstić information content (AvgIpc) is 3.15. The number of hydrogen-bond acceptors (Lipinski definition) is 7. The summed E-state index contributed by atoms with van der Waals surface area (Å²) in [5.41, 5.74) is 1.12. The Morgan fingerprint density at radius 1 is 1.27 bits per heavy atom. The van der Waals surface area contributed by atoms with E-state index < -0.39 is 0 Å². The average molecular weight is 376 g/mol. The molecule has 0 atom stereocenters. The Morgan fingerprint density at radius 3 is 2.69 bits per heavy atom. The fraction of sp³-hybridized carbons (Fsp3) is 0.353.